The Hall–Kier alpha value is -3.60. The number of hydrogen-bond donors (Lipinski definition) is 3. The summed E-state index contributed by atoms with van der Waals surface area (Å²) in [5, 5.41) is 21.4. The number of nitrogens with zero attached hydrogens (tertiary/aromatic N) is 2. The largest absolute Gasteiger partial charge is 0.509 e. The molecule has 5 heteroatoms. The number of H-pyrrole nitrogens is 1. The first kappa shape index (κ1) is 14.7. The summed E-state index contributed by atoms with van der Waals surface area (Å²) in [6, 6.07) is 21.8. The Morgan fingerprint density at radius 2 is 1.73 bits per heavy atom. The molecular formula is C21H16N4O. The first-order valence-electron chi connectivity index (χ1n) is 8.44. The number of anilines is 1. The van der Waals surface area contributed by atoms with Crippen molar-refractivity contribution in [2.45, 2.75) is 0 Å². The van der Waals surface area contributed by atoms with E-state index in [1.165, 1.54) is 0 Å². The van der Waals surface area contributed by atoms with Crippen LogP contribution in [0.4, 0.5) is 5.69 Å². The van der Waals surface area contributed by atoms with Crippen molar-refractivity contribution in [2.24, 2.45) is 0 Å². The molecule has 0 fully saturated rings. The van der Waals surface area contributed by atoms with Gasteiger partial charge < -0.3 is 15.0 Å². The average Bonchev–Trinajstić information content (AvgIpc) is 3.21. The van der Waals surface area contributed by atoms with Crippen LogP contribution in [0.5, 0.6) is 0 Å². The molecule has 0 aliphatic carbocycles. The highest BCUT2D eigenvalue weighted by atomic mass is 16.3. The fourth-order valence-corrected chi connectivity index (χ4v) is 3.55. The van der Waals surface area contributed by atoms with Crippen LogP contribution in [0.15, 0.2) is 72.5 Å². The number of aromatic amines is 1. The number of aromatic nitrogens is 2. The molecule has 0 atom stereocenters. The maximum atomic E-state index is 10.6. The Labute approximate surface area is 149 Å². The lowest BCUT2D eigenvalue weighted by molar-refractivity contribution is 0.411. The molecule has 0 unspecified atom stereocenters. The third-order valence-corrected chi connectivity index (χ3v) is 4.79. The van der Waals surface area contributed by atoms with Crippen LogP contribution in [0.25, 0.3) is 27.4 Å². The summed E-state index contributed by atoms with van der Waals surface area (Å²) in [5.74, 6) is 0.927. The van der Waals surface area contributed by atoms with Gasteiger partial charge in [-0.3, -0.25) is 5.41 Å². The Morgan fingerprint density at radius 1 is 0.962 bits per heavy atom. The highest BCUT2D eigenvalue weighted by Crippen LogP contribution is 2.34. The molecule has 5 rings (SSSR count). The van der Waals surface area contributed by atoms with E-state index in [-0.39, 0.29) is 18.1 Å². The van der Waals surface area contributed by atoms with Gasteiger partial charge in [0.05, 0.1) is 28.8 Å². The number of aliphatic hydroxyl groups is 1. The lowest BCUT2D eigenvalue weighted by Crippen LogP contribution is -2.26. The number of nitrogens with one attached hydrogen (secondary N) is 2. The van der Waals surface area contributed by atoms with Crippen LogP contribution in [0.3, 0.4) is 0 Å². The lowest BCUT2D eigenvalue weighted by Gasteiger charge is -2.20. The third kappa shape index (κ3) is 2.10. The van der Waals surface area contributed by atoms with E-state index in [1.807, 2.05) is 71.6 Å². The molecule has 0 radical (unpaired) electrons. The van der Waals surface area contributed by atoms with Crippen LogP contribution in [-0.4, -0.2) is 27.5 Å². The van der Waals surface area contributed by atoms with Gasteiger partial charge in [-0.05, 0) is 23.6 Å². The van der Waals surface area contributed by atoms with Crippen molar-refractivity contribution in [1.82, 2.24) is 9.97 Å². The predicted molar refractivity (Wildman–Crippen MR) is 105 cm³/mol. The molecule has 1 aliphatic heterocycles. The molecule has 0 amide bonds. The molecule has 0 bridgehead atoms. The van der Waals surface area contributed by atoms with E-state index < -0.39 is 0 Å². The van der Waals surface area contributed by atoms with Crippen LogP contribution in [0, 0.1) is 5.41 Å². The SMILES string of the molecule is N=C1C(c2nc3ccccc3[nH]2)=C(O)CN1c1cccc2ccccc12. The molecule has 0 spiro atoms. The van der Waals surface area contributed by atoms with Gasteiger partial charge in [-0.25, -0.2) is 4.98 Å². The Morgan fingerprint density at radius 3 is 2.62 bits per heavy atom. The molecule has 5 nitrogen and oxygen atoms in total. The molecular weight excluding hydrogens is 324 g/mol. The summed E-state index contributed by atoms with van der Waals surface area (Å²) in [4.78, 5) is 9.58. The standard InChI is InChI=1S/C21H16N4O/c22-20-19(21-23-15-9-3-4-10-16(15)24-21)18(26)12-25(20)17-11-5-7-13-6-1-2-8-14(13)17/h1-11,22,26H,12H2,(H,23,24). The zero-order valence-corrected chi connectivity index (χ0v) is 13.9. The van der Waals surface area contributed by atoms with Crippen LogP contribution in [0.1, 0.15) is 5.82 Å². The molecule has 1 aromatic heterocycles. The summed E-state index contributed by atoms with van der Waals surface area (Å²) in [6.07, 6.45) is 0. The third-order valence-electron chi connectivity index (χ3n) is 4.79. The van der Waals surface area contributed by atoms with E-state index in [4.69, 9.17) is 5.41 Å². The minimum absolute atomic E-state index is 0.155. The Kier molecular flexibility index (Phi) is 3.09. The average molecular weight is 340 g/mol. The summed E-state index contributed by atoms with van der Waals surface area (Å²) in [6.45, 7) is 0.263. The first-order valence-corrected chi connectivity index (χ1v) is 8.44. The Balaban J connectivity index is 1.60. The summed E-state index contributed by atoms with van der Waals surface area (Å²) in [5.41, 5.74) is 3.07. The molecule has 0 saturated heterocycles. The zero-order valence-electron chi connectivity index (χ0n) is 13.9. The lowest BCUT2D eigenvalue weighted by atomic mass is 10.1. The second-order valence-electron chi connectivity index (χ2n) is 6.36. The van der Waals surface area contributed by atoms with Crippen LogP contribution in [-0.2, 0) is 0 Å². The van der Waals surface area contributed by atoms with Crippen molar-refractivity contribution >= 4 is 38.9 Å². The minimum atomic E-state index is 0.155. The van der Waals surface area contributed by atoms with Gasteiger partial charge in [0.15, 0.2) is 0 Å². The van der Waals surface area contributed by atoms with E-state index in [9.17, 15) is 5.11 Å². The number of rotatable bonds is 2. The Bertz CT molecular complexity index is 1170. The number of imidazole rings is 1. The zero-order chi connectivity index (χ0) is 17.7. The number of amidine groups is 1. The van der Waals surface area contributed by atoms with Crippen LogP contribution >= 0.6 is 0 Å². The molecule has 0 saturated carbocycles. The summed E-state index contributed by atoms with van der Waals surface area (Å²) in [7, 11) is 0. The number of benzene rings is 3. The van der Waals surface area contributed by atoms with Crippen molar-refractivity contribution < 1.29 is 5.11 Å². The fraction of sp³-hybridized carbons (Fsp3) is 0.0476. The maximum absolute atomic E-state index is 10.6. The molecule has 26 heavy (non-hydrogen) atoms. The van der Waals surface area contributed by atoms with Gasteiger partial charge in [0.1, 0.15) is 17.4 Å². The van der Waals surface area contributed by atoms with Gasteiger partial charge in [0.25, 0.3) is 0 Å². The molecule has 3 aromatic carbocycles. The van der Waals surface area contributed by atoms with Gasteiger partial charge in [-0.15, -0.1) is 0 Å². The molecule has 1 aliphatic rings. The monoisotopic (exact) mass is 340 g/mol. The van der Waals surface area contributed by atoms with Gasteiger partial charge in [-0.2, -0.15) is 0 Å². The quantitative estimate of drug-likeness (QED) is 0.503. The number of para-hydroxylation sites is 2. The molecule has 3 N–H and O–H groups in total. The fourth-order valence-electron chi connectivity index (χ4n) is 3.55. The predicted octanol–water partition coefficient (Wildman–Crippen LogP) is 4.48. The van der Waals surface area contributed by atoms with Gasteiger partial charge in [0, 0.05) is 5.39 Å². The first-order chi connectivity index (χ1) is 12.7. The van der Waals surface area contributed by atoms with Crippen molar-refractivity contribution in [3.05, 3.63) is 78.3 Å². The normalized spacial score (nSPS) is 14.8. The number of hydrogen-bond acceptors (Lipinski definition) is 3. The second-order valence-corrected chi connectivity index (χ2v) is 6.36. The maximum Gasteiger partial charge on any atom is 0.145 e. The van der Waals surface area contributed by atoms with Gasteiger partial charge in [0.2, 0.25) is 0 Å². The van der Waals surface area contributed by atoms with Crippen LogP contribution < -0.4 is 4.90 Å². The van der Waals surface area contributed by atoms with Gasteiger partial charge in [-0.1, -0.05) is 48.5 Å². The van der Waals surface area contributed by atoms with Crippen molar-refractivity contribution in [3.63, 3.8) is 0 Å². The molecule has 2 heterocycles. The molecule has 4 aromatic rings. The number of aliphatic hydroxyl groups excluding tert-OH is 1. The topological polar surface area (TPSA) is 76.0 Å². The summed E-state index contributed by atoms with van der Waals surface area (Å²) >= 11 is 0. The van der Waals surface area contributed by atoms with E-state index in [0.29, 0.717) is 11.4 Å². The van der Waals surface area contributed by atoms with E-state index in [0.717, 1.165) is 27.5 Å². The number of fused-ring (bicyclic) bond motifs is 2. The van der Waals surface area contributed by atoms with E-state index in [2.05, 4.69) is 9.97 Å². The minimum Gasteiger partial charge on any atom is -0.509 e. The highest BCUT2D eigenvalue weighted by Gasteiger charge is 2.31. The van der Waals surface area contributed by atoms with Crippen molar-refractivity contribution in [3.8, 4) is 0 Å². The van der Waals surface area contributed by atoms with Gasteiger partial charge >= 0.3 is 0 Å². The summed E-state index contributed by atoms with van der Waals surface area (Å²) < 4.78 is 0. The van der Waals surface area contributed by atoms with Crippen molar-refractivity contribution in [1.29, 1.82) is 5.41 Å². The van der Waals surface area contributed by atoms with E-state index in [1.54, 1.807) is 0 Å². The van der Waals surface area contributed by atoms with Crippen LogP contribution in [0.2, 0.25) is 0 Å². The van der Waals surface area contributed by atoms with E-state index >= 15 is 0 Å². The van der Waals surface area contributed by atoms with Crippen molar-refractivity contribution in [2.75, 3.05) is 11.4 Å². The molecule has 126 valence electrons. The smallest absolute Gasteiger partial charge is 0.145 e. The second kappa shape index (κ2) is 5.46. The highest BCUT2D eigenvalue weighted by molar-refractivity contribution is 6.31.